The zero-order valence-electron chi connectivity index (χ0n) is 22.9. The summed E-state index contributed by atoms with van der Waals surface area (Å²) in [5.41, 5.74) is 15.7. The topological polar surface area (TPSA) is 0 Å². The predicted octanol–water partition coefficient (Wildman–Crippen LogP) is 9.19. The Morgan fingerprint density at radius 2 is 0.806 bits per heavy atom. The molecule has 0 aliphatic heterocycles. The highest BCUT2D eigenvalue weighted by Crippen LogP contribution is 2.26. The third kappa shape index (κ3) is 6.50. The molecule has 0 heterocycles. The molecular formula is C36H46. The van der Waals surface area contributed by atoms with Crippen LogP contribution < -0.4 is 0 Å². The van der Waals surface area contributed by atoms with Gasteiger partial charge in [-0.3, -0.25) is 0 Å². The van der Waals surface area contributed by atoms with E-state index in [1.54, 1.807) is 44.5 Å². The minimum atomic E-state index is 1.24. The van der Waals surface area contributed by atoms with Crippen LogP contribution in [0.5, 0.6) is 0 Å². The lowest BCUT2D eigenvalue weighted by molar-refractivity contribution is 0.635. The van der Waals surface area contributed by atoms with E-state index in [4.69, 9.17) is 0 Å². The van der Waals surface area contributed by atoms with Crippen molar-refractivity contribution in [1.82, 2.24) is 0 Å². The summed E-state index contributed by atoms with van der Waals surface area (Å²) in [6.45, 7) is 4.66. The lowest BCUT2D eigenvalue weighted by atomic mass is 9.86. The van der Waals surface area contributed by atoms with Gasteiger partial charge in [0.25, 0.3) is 0 Å². The van der Waals surface area contributed by atoms with E-state index in [0.29, 0.717) is 0 Å². The van der Waals surface area contributed by atoms with Gasteiger partial charge in [0.1, 0.15) is 0 Å². The van der Waals surface area contributed by atoms with E-state index in [-0.39, 0.29) is 0 Å². The molecule has 0 spiro atoms. The molecule has 0 saturated carbocycles. The average molecular weight is 479 g/mol. The molecule has 0 nitrogen and oxygen atoms in total. The lowest BCUT2D eigenvalue weighted by Crippen LogP contribution is -2.08. The second kappa shape index (κ2) is 12.3. The van der Waals surface area contributed by atoms with Crippen molar-refractivity contribution < 1.29 is 0 Å². The van der Waals surface area contributed by atoms with Gasteiger partial charge >= 0.3 is 0 Å². The average Bonchev–Trinajstić information content (AvgIpc) is 2.84. The molecule has 2 aliphatic carbocycles. The Bertz CT molecular complexity index is 1070. The van der Waals surface area contributed by atoms with Gasteiger partial charge < -0.3 is 0 Å². The molecule has 36 heavy (non-hydrogen) atoms. The molecule has 3 aromatic rings. The molecule has 0 fully saturated rings. The molecule has 5 rings (SSSR count). The first kappa shape index (κ1) is 25.3. The third-order valence-corrected chi connectivity index (χ3v) is 8.99. The smallest absolute Gasteiger partial charge is 0.0235 e. The minimum Gasteiger partial charge on any atom is -0.0588 e. The van der Waals surface area contributed by atoms with E-state index >= 15 is 0 Å². The van der Waals surface area contributed by atoms with Crippen molar-refractivity contribution in [3.63, 3.8) is 0 Å². The van der Waals surface area contributed by atoms with Crippen LogP contribution in [0, 0.1) is 13.8 Å². The van der Waals surface area contributed by atoms with Crippen LogP contribution in [0.4, 0.5) is 0 Å². The highest BCUT2D eigenvalue weighted by atomic mass is 14.2. The van der Waals surface area contributed by atoms with E-state index in [0.717, 1.165) is 0 Å². The largest absolute Gasteiger partial charge is 0.0588 e. The zero-order valence-corrected chi connectivity index (χ0v) is 22.9. The first-order valence-electron chi connectivity index (χ1n) is 15.0. The number of hydrogen-bond donors (Lipinski definition) is 0. The van der Waals surface area contributed by atoms with Crippen molar-refractivity contribution in [3.8, 4) is 0 Å². The van der Waals surface area contributed by atoms with E-state index in [1.165, 1.54) is 114 Å². The molecule has 2 aliphatic rings. The fourth-order valence-electron chi connectivity index (χ4n) is 6.28. The van der Waals surface area contributed by atoms with Crippen molar-refractivity contribution >= 4 is 0 Å². The van der Waals surface area contributed by atoms with Crippen LogP contribution in [0.2, 0.25) is 0 Å². The van der Waals surface area contributed by atoms with Gasteiger partial charge in [0.2, 0.25) is 0 Å². The molecule has 0 heteroatoms. The fraction of sp³-hybridized carbons (Fsp3) is 0.500. The summed E-state index contributed by atoms with van der Waals surface area (Å²) in [5, 5.41) is 0. The number of benzene rings is 3. The SMILES string of the molecule is Cc1cc(CCCCCCc2ccc3c(c2)CC3)c(C)cc1CCCCCCc1ccc2c(c1)CC2. The fourth-order valence-corrected chi connectivity index (χ4v) is 6.28. The number of rotatable bonds is 14. The third-order valence-electron chi connectivity index (χ3n) is 8.99. The number of hydrogen-bond acceptors (Lipinski definition) is 0. The first-order chi connectivity index (χ1) is 17.7. The predicted molar refractivity (Wildman–Crippen MR) is 155 cm³/mol. The Hall–Kier alpha value is -2.34. The van der Waals surface area contributed by atoms with Gasteiger partial charge in [-0.05, 0) is 147 Å². The van der Waals surface area contributed by atoms with Crippen LogP contribution >= 0.6 is 0 Å². The summed E-state index contributed by atoms with van der Waals surface area (Å²) in [4.78, 5) is 0. The van der Waals surface area contributed by atoms with E-state index < -0.39 is 0 Å². The maximum atomic E-state index is 2.50. The summed E-state index contributed by atoms with van der Waals surface area (Å²) in [6.07, 6.45) is 21.0. The Balaban J connectivity index is 0.956. The van der Waals surface area contributed by atoms with Crippen LogP contribution in [0.3, 0.4) is 0 Å². The molecule has 0 N–H and O–H groups in total. The number of aryl methyl sites for hydroxylation is 10. The van der Waals surface area contributed by atoms with Gasteiger partial charge in [-0.15, -0.1) is 0 Å². The molecule has 0 amide bonds. The molecule has 0 radical (unpaired) electrons. The van der Waals surface area contributed by atoms with Crippen LogP contribution in [0.25, 0.3) is 0 Å². The van der Waals surface area contributed by atoms with Crippen LogP contribution in [0.1, 0.15) is 107 Å². The standard InChI is InChI=1S/C36H46/c1-27-23-34(14-10-6-4-8-12-30-16-18-32-20-22-36(32)26-30)28(2)24-33(27)13-9-5-3-7-11-29-15-17-31-19-21-35(31)25-29/h15-18,23-26H,3-14,19-22H2,1-2H3. The van der Waals surface area contributed by atoms with Crippen molar-refractivity contribution in [2.45, 2.75) is 117 Å². The van der Waals surface area contributed by atoms with Gasteiger partial charge in [-0.1, -0.05) is 74.2 Å². The van der Waals surface area contributed by atoms with Gasteiger partial charge in [0, 0.05) is 0 Å². The Kier molecular flexibility index (Phi) is 8.63. The Morgan fingerprint density at radius 1 is 0.417 bits per heavy atom. The number of fused-ring (bicyclic) bond motifs is 2. The molecule has 190 valence electrons. The van der Waals surface area contributed by atoms with Gasteiger partial charge in [-0.2, -0.15) is 0 Å². The van der Waals surface area contributed by atoms with E-state index in [2.05, 4.69) is 62.4 Å². The molecular weight excluding hydrogens is 432 g/mol. The zero-order chi connectivity index (χ0) is 24.7. The second-order valence-electron chi connectivity index (χ2n) is 11.7. The van der Waals surface area contributed by atoms with Crippen molar-refractivity contribution in [3.05, 3.63) is 104 Å². The van der Waals surface area contributed by atoms with Gasteiger partial charge in [0.15, 0.2) is 0 Å². The summed E-state index contributed by atoms with van der Waals surface area (Å²) in [6, 6.07) is 19.4. The Morgan fingerprint density at radius 3 is 1.17 bits per heavy atom. The molecule has 0 unspecified atom stereocenters. The first-order valence-corrected chi connectivity index (χ1v) is 15.0. The van der Waals surface area contributed by atoms with Gasteiger partial charge in [0.05, 0.1) is 0 Å². The van der Waals surface area contributed by atoms with Crippen LogP contribution in [0.15, 0.2) is 48.5 Å². The van der Waals surface area contributed by atoms with Gasteiger partial charge in [-0.25, -0.2) is 0 Å². The van der Waals surface area contributed by atoms with Crippen molar-refractivity contribution in [1.29, 1.82) is 0 Å². The lowest BCUT2D eigenvalue weighted by Gasteiger charge is -2.19. The maximum absolute atomic E-state index is 2.50. The molecule has 0 aromatic heterocycles. The highest BCUT2D eigenvalue weighted by molar-refractivity contribution is 5.40. The normalized spacial score (nSPS) is 13.6. The highest BCUT2D eigenvalue weighted by Gasteiger charge is 2.13. The molecule has 0 atom stereocenters. The maximum Gasteiger partial charge on any atom is -0.0235 e. The summed E-state index contributed by atoms with van der Waals surface area (Å²) in [5.74, 6) is 0. The quantitative estimate of drug-likeness (QED) is 0.203. The van der Waals surface area contributed by atoms with Crippen molar-refractivity contribution in [2.75, 3.05) is 0 Å². The summed E-state index contributed by atoms with van der Waals surface area (Å²) >= 11 is 0. The van der Waals surface area contributed by atoms with E-state index in [9.17, 15) is 0 Å². The van der Waals surface area contributed by atoms with Crippen LogP contribution in [-0.2, 0) is 51.4 Å². The van der Waals surface area contributed by atoms with Crippen LogP contribution in [-0.4, -0.2) is 0 Å². The molecule has 3 aromatic carbocycles. The summed E-state index contributed by atoms with van der Waals surface area (Å²) in [7, 11) is 0. The minimum absolute atomic E-state index is 1.24. The Labute approximate surface area is 220 Å². The monoisotopic (exact) mass is 478 g/mol. The number of unbranched alkanes of at least 4 members (excludes halogenated alkanes) is 6. The molecule has 0 saturated heterocycles. The second-order valence-corrected chi connectivity index (χ2v) is 11.7. The molecule has 0 bridgehead atoms. The van der Waals surface area contributed by atoms with Crippen molar-refractivity contribution in [2.24, 2.45) is 0 Å². The van der Waals surface area contributed by atoms with E-state index in [1.807, 2.05) is 0 Å². The summed E-state index contributed by atoms with van der Waals surface area (Å²) < 4.78 is 0.